The Hall–Kier alpha value is -2.44. The van der Waals surface area contributed by atoms with Crippen molar-refractivity contribution in [1.29, 1.82) is 0 Å². The zero-order valence-electron chi connectivity index (χ0n) is 15.6. The number of piperidine rings is 1. The Balaban J connectivity index is 1.32. The number of imidazole rings is 1. The summed E-state index contributed by atoms with van der Waals surface area (Å²) in [6, 6.07) is 10.4. The molecule has 2 heterocycles. The number of hydrogen-bond acceptors (Lipinski definition) is 3. The highest BCUT2D eigenvalue weighted by Gasteiger charge is 2.25. The van der Waals surface area contributed by atoms with E-state index in [4.69, 9.17) is 11.6 Å². The monoisotopic (exact) mass is 400 g/mol. The number of benzene rings is 2. The van der Waals surface area contributed by atoms with Gasteiger partial charge in [-0.25, -0.2) is 9.37 Å². The van der Waals surface area contributed by atoms with Gasteiger partial charge in [0.2, 0.25) is 5.91 Å². The number of aryl methyl sites for hydroxylation is 1. The first kappa shape index (κ1) is 18.9. The van der Waals surface area contributed by atoms with Crippen LogP contribution >= 0.6 is 11.6 Å². The molecule has 1 aliphatic heterocycles. The van der Waals surface area contributed by atoms with Crippen LogP contribution in [0.5, 0.6) is 0 Å². The van der Waals surface area contributed by atoms with E-state index in [2.05, 4.69) is 39.2 Å². The molecule has 0 aliphatic carbocycles. The summed E-state index contributed by atoms with van der Waals surface area (Å²) in [5.41, 5.74) is 3.77. The summed E-state index contributed by atoms with van der Waals surface area (Å²) in [4.78, 5) is 22.8. The average Bonchev–Trinajstić information content (AvgIpc) is 3.06. The molecule has 0 spiro atoms. The number of anilines is 1. The van der Waals surface area contributed by atoms with Crippen molar-refractivity contribution >= 4 is 34.2 Å². The molecule has 28 heavy (non-hydrogen) atoms. The Bertz CT molecular complexity index is 1010. The molecule has 0 atom stereocenters. The summed E-state index contributed by atoms with van der Waals surface area (Å²) < 4.78 is 13.2. The van der Waals surface area contributed by atoms with Gasteiger partial charge in [0.1, 0.15) is 11.6 Å². The molecule has 4 rings (SSSR count). The molecule has 1 saturated heterocycles. The molecule has 0 saturated carbocycles. The van der Waals surface area contributed by atoms with E-state index >= 15 is 0 Å². The van der Waals surface area contributed by atoms with Crippen LogP contribution in [-0.2, 0) is 11.3 Å². The number of likely N-dealkylation sites (tertiary alicyclic amines) is 1. The summed E-state index contributed by atoms with van der Waals surface area (Å²) in [7, 11) is 0. The lowest BCUT2D eigenvalue weighted by Gasteiger charge is -2.30. The molecule has 0 radical (unpaired) electrons. The van der Waals surface area contributed by atoms with Gasteiger partial charge in [0.15, 0.2) is 0 Å². The summed E-state index contributed by atoms with van der Waals surface area (Å²) in [5, 5.41) is 2.85. The van der Waals surface area contributed by atoms with Gasteiger partial charge in [-0.05, 0) is 68.8 Å². The number of H-pyrrole nitrogens is 1. The lowest BCUT2D eigenvalue weighted by atomic mass is 9.96. The lowest BCUT2D eigenvalue weighted by molar-refractivity contribution is -0.121. The Kier molecular flexibility index (Phi) is 5.33. The van der Waals surface area contributed by atoms with Crippen molar-refractivity contribution in [3.63, 3.8) is 0 Å². The Labute approximate surface area is 167 Å². The second-order valence-corrected chi connectivity index (χ2v) is 7.78. The van der Waals surface area contributed by atoms with Gasteiger partial charge in [0.25, 0.3) is 0 Å². The largest absolute Gasteiger partial charge is 0.341 e. The van der Waals surface area contributed by atoms with Crippen LogP contribution in [0.2, 0.25) is 5.02 Å². The molecule has 1 aliphatic rings. The number of nitrogens with zero attached hydrogens (tertiary/aromatic N) is 2. The average molecular weight is 401 g/mol. The maximum Gasteiger partial charge on any atom is 0.227 e. The topological polar surface area (TPSA) is 61.0 Å². The number of amides is 1. The van der Waals surface area contributed by atoms with Crippen molar-refractivity contribution in [3.8, 4) is 0 Å². The Morgan fingerprint density at radius 2 is 2.07 bits per heavy atom. The molecule has 1 fully saturated rings. The maximum atomic E-state index is 13.2. The van der Waals surface area contributed by atoms with E-state index in [1.165, 1.54) is 23.8 Å². The van der Waals surface area contributed by atoms with Crippen molar-refractivity contribution < 1.29 is 9.18 Å². The van der Waals surface area contributed by atoms with Gasteiger partial charge >= 0.3 is 0 Å². The molecule has 3 aromatic rings. The smallest absolute Gasteiger partial charge is 0.227 e. The van der Waals surface area contributed by atoms with Crippen molar-refractivity contribution in [1.82, 2.24) is 14.9 Å². The number of hydrogen-bond donors (Lipinski definition) is 2. The summed E-state index contributed by atoms with van der Waals surface area (Å²) in [6.45, 7) is 4.47. The van der Waals surface area contributed by atoms with Gasteiger partial charge in [-0.2, -0.15) is 0 Å². The van der Waals surface area contributed by atoms with E-state index in [0.29, 0.717) is 5.69 Å². The summed E-state index contributed by atoms with van der Waals surface area (Å²) in [6.07, 6.45) is 1.56. The number of aromatic nitrogens is 2. The van der Waals surface area contributed by atoms with Crippen molar-refractivity contribution in [3.05, 3.63) is 58.6 Å². The van der Waals surface area contributed by atoms with Crippen LogP contribution in [0.15, 0.2) is 36.4 Å². The van der Waals surface area contributed by atoms with E-state index in [1.54, 1.807) is 0 Å². The van der Waals surface area contributed by atoms with Crippen LogP contribution in [0.1, 0.15) is 24.2 Å². The zero-order valence-corrected chi connectivity index (χ0v) is 16.4. The van der Waals surface area contributed by atoms with Crippen molar-refractivity contribution in [2.24, 2.45) is 5.92 Å². The summed E-state index contributed by atoms with van der Waals surface area (Å²) >= 11 is 5.78. The standard InChI is InChI=1S/C21H22ClFN4O/c1-13-2-5-18-19(10-13)26-20(25-18)12-27-8-6-14(7-9-27)21(28)24-15-3-4-17(23)16(22)11-15/h2-5,10-11,14H,6-9,12H2,1H3,(H,24,28)(H,25,26). The highest BCUT2D eigenvalue weighted by Crippen LogP contribution is 2.23. The van der Waals surface area contributed by atoms with E-state index in [-0.39, 0.29) is 16.8 Å². The fourth-order valence-electron chi connectivity index (χ4n) is 3.63. The molecule has 7 heteroatoms. The first-order chi connectivity index (χ1) is 13.5. The number of rotatable bonds is 4. The summed E-state index contributed by atoms with van der Waals surface area (Å²) in [5.74, 6) is 0.359. The maximum absolute atomic E-state index is 13.2. The molecule has 1 aromatic heterocycles. The molecular formula is C21H22ClFN4O. The van der Waals surface area contributed by atoms with Crippen LogP contribution in [0.3, 0.4) is 0 Å². The minimum atomic E-state index is -0.492. The van der Waals surface area contributed by atoms with Crippen LogP contribution in [0, 0.1) is 18.7 Å². The second kappa shape index (κ2) is 7.89. The number of carbonyl (C=O) groups excluding carboxylic acids is 1. The molecule has 0 unspecified atom stereocenters. The van der Waals surface area contributed by atoms with Crippen molar-refractivity contribution in [2.75, 3.05) is 18.4 Å². The molecule has 0 bridgehead atoms. The van der Waals surface area contributed by atoms with Gasteiger partial charge in [0, 0.05) is 11.6 Å². The van der Waals surface area contributed by atoms with Crippen LogP contribution in [0.25, 0.3) is 11.0 Å². The van der Waals surface area contributed by atoms with E-state index in [9.17, 15) is 9.18 Å². The predicted molar refractivity (Wildman–Crippen MR) is 109 cm³/mol. The van der Waals surface area contributed by atoms with Gasteiger partial charge in [0.05, 0.1) is 22.6 Å². The highest BCUT2D eigenvalue weighted by atomic mass is 35.5. The molecule has 1 amide bonds. The van der Waals surface area contributed by atoms with Gasteiger partial charge in [-0.3, -0.25) is 9.69 Å². The first-order valence-corrected chi connectivity index (χ1v) is 9.79. The predicted octanol–water partition coefficient (Wildman–Crippen LogP) is 4.51. The van der Waals surface area contributed by atoms with Gasteiger partial charge < -0.3 is 10.3 Å². The zero-order chi connectivity index (χ0) is 19.7. The molecule has 146 valence electrons. The van der Waals surface area contributed by atoms with Crippen LogP contribution in [-0.4, -0.2) is 33.9 Å². The van der Waals surface area contributed by atoms with E-state index < -0.39 is 5.82 Å². The minimum Gasteiger partial charge on any atom is -0.341 e. The minimum absolute atomic E-state index is 0.00801. The first-order valence-electron chi connectivity index (χ1n) is 9.41. The number of halogens is 2. The molecule has 5 nitrogen and oxygen atoms in total. The van der Waals surface area contributed by atoms with Gasteiger partial charge in [-0.1, -0.05) is 17.7 Å². The Morgan fingerprint density at radius 1 is 1.29 bits per heavy atom. The highest BCUT2D eigenvalue weighted by molar-refractivity contribution is 6.31. The normalized spacial score (nSPS) is 15.8. The molecule has 2 aromatic carbocycles. The third kappa shape index (κ3) is 4.18. The second-order valence-electron chi connectivity index (χ2n) is 7.37. The van der Waals surface area contributed by atoms with E-state index in [0.717, 1.165) is 49.3 Å². The van der Waals surface area contributed by atoms with Crippen LogP contribution < -0.4 is 5.32 Å². The fraction of sp³-hybridized carbons (Fsp3) is 0.333. The number of aromatic amines is 1. The number of nitrogens with one attached hydrogen (secondary N) is 2. The lowest BCUT2D eigenvalue weighted by Crippen LogP contribution is -2.38. The Morgan fingerprint density at radius 3 is 2.82 bits per heavy atom. The van der Waals surface area contributed by atoms with Gasteiger partial charge in [-0.15, -0.1) is 0 Å². The quantitative estimate of drug-likeness (QED) is 0.677. The third-order valence-corrected chi connectivity index (χ3v) is 5.49. The van der Waals surface area contributed by atoms with Crippen LogP contribution in [0.4, 0.5) is 10.1 Å². The third-order valence-electron chi connectivity index (χ3n) is 5.21. The van der Waals surface area contributed by atoms with E-state index in [1.807, 2.05) is 6.07 Å². The SMILES string of the molecule is Cc1ccc2nc(CN3CCC(C(=O)Nc4ccc(F)c(Cl)c4)CC3)[nH]c2c1. The molecule has 2 N–H and O–H groups in total. The van der Waals surface area contributed by atoms with Crippen molar-refractivity contribution in [2.45, 2.75) is 26.3 Å². The fourth-order valence-corrected chi connectivity index (χ4v) is 3.81. The number of carbonyl (C=O) groups is 1. The number of fused-ring (bicyclic) bond motifs is 1. The molecular weight excluding hydrogens is 379 g/mol.